The van der Waals surface area contributed by atoms with Crippen LogP contribution in [0.5, 0.6) is 0 Å². The van der Waals surface area contributed by atoms with Gasteiger partial charge in [0.05, 0.1) is 19.6 Å². The average molecular weight is 263 g/mol. The first kappa shape index (κ1) is 15.4. The van der Waals surface area contributed by atoms with E-state index in [9.17, 15) is 9.59 Å². The van der Waals surface area contributed by atoms with E-state index < -0.39 is 12.0 Å². The predicted octanol–water partition coefficient (Wildman–Crippen LogP) is 2.06. The van der Waals surface area contributed by atoms with Crippen molar-refractivity contribution in [1.82, 2.24) is 0 Å². The number of carbonyl (C=O) groups excluding carboxylic acids is 2. The lowest BCUT2D eigenvalue weighted by atomic mass is 9.86. The van der Waals surface area contributed by atoms with Crippen molar-refractivity contribution in [2.75, 3.05) is 7.11 Å². The number of esters is 1. The second-order valence-corrected chi connectivity index (χ2v) is 5.58. The second-order valence-electron chi connectivity index (χ2n) is 5.58. The highest BCUT2D eigenvalue weighted by Gasteiger charge is 2.20. The summed E-state index contributed by atoms with van der Waals surface area (Å²) in [5.41, 5.74) is 7.40. The molecule has 0 saturated heterocycles. The molecule has 1 aromatic carbocycles. The highest BCUT2D eigenvalue weighted by atomic mass is 16.5. The van der Waals surface area contributed by atoms with E-state index in [1.807, 2.05) is 12.1 Å². The fraction of sp³-hybridized carbons (Fsp3) is 0.467. The van der Waals surface area contributed by atoms with Crippen molar-refractivity contribution in [2.24, 2.45) is 5.73 Å². The van der Waals surface area contributed by atoms with E-state index in [-0.39, 0.29) is 17.6 Å². The number of nitrogens with two attached hydrogens (primary N) is 1. The molecule has 0 heterocycles. The van der Waals surface area contributed by atoms with Crippen LogP contribution in [0.3, 0.4) is 0 Å². The molecule has 0 aliphatic carbocycles. The summed E-state index contributed by atoms with van der Waals surface area (Å²) in [5, 5.41) is 0. The maximum absolute atomic E-state index is 12.0. The van der Waals surface area contributed by atoms with Crippen molar-refractivity contribution in [3.05, 3.63) is 35.4 Å². The number of Topliss-reactive ketones (excluding diaryl/α,β-unsaturated/α-hetero) is 1. The Bertz CT molecular complexity index is 457. The summed E-state index contributed by atoms with van der Waals surface area (Å²) < 4.78 is 4.50. The van der Waals surface area contributed by atoms with Crippen LogP contribution in [0, 0.1) is 0 Å². The third-order valence-corrected chi connectivity index (χ3v) is 2.99. The Morgan fingerprint density at radius 1 is 1.21 bits per heavy atom. The molecule has 4 heteroatoms. The minimum absolute atomic E-state index is 0.0374. The topological polar surface area (TPSA) is 69.4 Å². The lowest BCUT2D eigenvalue weighted by molar-refractivity contribution is -0.140. The molecule has 0 saturated carbocycles. The summed E-state index contributed by atoms with van der Waals surface area (Å²) in [7, 11) is 1.28. The van der Waals surface area contributed by atoms with Crippen LogP contribution in [0.4, 0.5) is 0 Å². The van der Waals surface area contributed by atoms with Crippen molar-refractivity contribution < 1.29 is 14.3 Å². The first-order valence-electron chi connectivity index (χ1n) is 6.23. The molecule has 104 valence electrons. The van der Waals surface area contributed by atoms with Crippen molar-refractivity contribution in [3.63, 3.8) is 0 Å². The number of methoxy groups -OCH3 is 1. The molecular formula is C15H21NO3. The van der Waals surface area contributed by atoms with Gasteiger partial charge in [-0.15, -0.1) is 0 Å². The molecule has 1 unspecified atom stereocenters. The fourth-order valence-electron chi connectivity index (χ4n) is 1.70. The maximum Gasteiger partial charge on any atom is 0.307 e. The van der Waals surface area contributed by atoms with Gasteiger partial charge in [-0.3, -0.25) is 9.59 Å². The Labute approximate surface area is 113 Å². The number of hydrogen-bond donors (Lipinski definition) is 1. The van der Waals surface area contributed by atoms with Crippen molar-refractivity contribution in [2.45, 2.75) is 38.6 Å². The lowest BCUT2D eigenvalue weighted by Gasteiger charge is -2.19. The number of rotatable bonds is 4. The van der Waals surface area contributed by atoms with Crippen LogP contribution >= 0.6 is 0 Å². The standard InChI is InChI=1S/C15H21NO3/c1-15(2,3)11-7-5-10(6-8-11)14(18)12(16)9-13(17)19-4/h5-8,12H,9,16H2,1-4H3. The molecule has 0 bridgehead atoms. The molecule has 0 aromatic heterocycles. The molecule has 0 aliphatic heterocycles. The first-order chi connectivity index (χ1) is 8.75. The van der Waals surface area contributed by atoms with Gasteiger partial charge in [-0.2, -0.15) is 0 Å². The van der Waals surface area contributed by atoms with Crippen molar-refractivity contribution in [1.29, 1.82) is 0 Å². The molecule has 19 heavy (non-hydrogen) atoms. The van der Waals surface area contributed by atoms with E-state index in [1.54, 1.807) is 12.1 Å². The van der Waals surface area contributed by atoms with Gasteiger partial charge in [0.15, 0.2) is 5.78 Å². The van der Waals surface area contributed by atoms with E-state index in [0.717, 1.165) is 5.56 Å². The molecule has 0 amide bonds. The van der Waals surface area contributed by atoms with Gasteiger partial charge in [-0.25, -0.2) is 0 Å². The number of ether oxygens (including phenoxy) is 1. The minimum atomic E-state index is -0.854. The van der Waals surface area contributed by atoms with Gasteiger partial charge in [0, 0.05) is 5.56 Å². The van der Waals surface area contributed by atoms with Crippen LogP contribution in [0.25, 0.3) is 0 Å². The van der Waals surface area contributed by atoms with E-state index in [4.69, 9.17) is 5.73 Å². The highest BCUT2D eigenvalue weighted by Crippen LogP contribution is 2.22. The SMILES string of the molecule is COC(=O)CC(N)C(=O)c1ccc(C(C)(C)C)cc1. The molecule has 0 aliphatic rings. The van der Waals surface area contributed by atoms with Gasteiger partial charge in [0.25, 0.3) is 0 Å². The summed E-state index contributed by atoms with van der Waals surface area (Å²) in [6, 6.07) is 6.48. The third kappa shape index (κ3) is 4.17. The summed E-state index contributed by atoms with van der Waals surface area (Å²) in [6.45, 7) is 6.31. The van der Waals surface area contributed by atoms with Crippen LogP contribution < -0.4 is 5.73 Å². The van der Waals surface area contributed by atoms with Gasteiger partial charge in [-0.1, -0.05) is 45.0 Å². The molecule has 0 spiro atoms. The fourth-order valence-corrected chi connectivity index (χ4v) is 1.70. The number of ketones is 1. The smallest absolute Gasteiger partial charge is 0.307 e. The van der Waals surface area contributed by atoms with Gasteiger partial charge >= 0.3 is 5.97 Å². The normalized spacial score (nSPS) is 12.9. The van der Waals surface area contributed by atoms with Crippen LogP contribution in [0.1, 0.15) is 43.1 Å². The predicted molar refractivity (Wildman–Crippen MR) is 74.1 cm³/mol. The minimum Gasteiger partial charge on any atom is -0.469 e. The Hall–Kier alpha value is -1.68. The van der Waals surface area contributed by atoms with E-state index >= 15 is 0 Å². The monoisotopic (exact) mass is 263 g/mol. The molecular weight excluding hydrogens is 242 g/mol. The maximum atomic E-state index is 12.0. The average Bonchev–Trinajstić information content (AvgIpc) is 2.36. The van der Waals surface area contributed by atoms with E-state index in [2.05, 4.69) is 25.5 Å². The van der Waals surface area contributed by atoms with E-state index in [0.29, 0.717) is 5.56 Å². The quantitative estimate of drug-likeness (QED) is 0.667. The molecule has 4 nitrogen and oxygen atoms in total. The summed E-state index contributed by atoms with van der Waals surface area (Å²) in [4.78, 5) is 23.1. The third-order valence-electron chi connectivity index (χ3n) is 2.99. The zero-order chi connectivity index (χ0) is 14.6. The van der Waals surface area contributed by atoms with Gasteiger partial charge < -0.3 is 10.5 Å². The van der Waals surface area contributed by atoms with Crippen molar-refractivity contribution >= 4 is 11.8 Å². The van der Waals surface area contributed by atoms with E-state index in [1.165, 1.54) is 7.11 Å². The summed E-state index contributed by atoms with van der Waals surface area (Å²) in [5.74, 6) is -0.724. The summed E-state index contributed by atoms with van der Waals surface area (Å²) >= 11 is 0. The Balaban J connectivity index is 2.81. The highest BCUT2D eigenvalue weighted by molar-refractivity contribution is 6.01. The molecule has 1 aromatic rings. The first-order valence-corrected chi connectivity index (χ1v) is 6.23. The van der Waals surface area contributed by atoms with Crippen LogP contribution in [0.15, 0.2) is 24.3 Å². The summed E-state index contributed by atoms with van der Waals surface area (Å²) in [6.07, 6.45) is -0.101. The number of carbonyl (C=O) groups is 2. The van der Waals surface area contributed by atoms with Gasteiger partial charge in [-0.05, 0) is 11.0 Å². The molecule has 0 fully saturated rings. The second kappa shape index (κ2) is 5.97. The Morgan fingerprint density at radius 3 is 2.16 bits per heavy atom. The van der Waals surface area contributed by atoms with Gasteiger partial charge in [0.2, 0.25) is 0 Å². The zero-order valence-corrected chi connectivity index (χ0v) is 11.9. The van der Waals surface area contributed by atoms with Crippen LogP contribution in [-0.4, -0.2) is 24.9 Å². The molecule has 2 N–H and O–H groups in total. The van der Waals surface area contributed by atoms with Crippen LogP contribution in [0.2, 0.25) is 0 Å². The molecule has 0 radical (unpaired) electrons. The van der Waals surface area contributed by atoms with Crippen LogP contribution in [-0.2, 0) is 14.9 Å². The Kier molecular flexibility index (Phi) is 4.84. The number of benzene rings is 1. The molecule has 1 rings (SSSR count). The lowest BCUT2D eigenvalue weighted by Crippen LogP contribution is -2.33. The number of hydrogen-bond acceptors (Lipinski definition) is 4. The zero-order valence-electron chi connectivity index (χ0n) is 11.9. The van der Waals surface area contributed by atoms with Crippen molar-refractivity contribution in [3.8, 4) is 0 Å². The molecule has 1 atom stereocenters. The van der Waals surface area contributed by atoms with Gasteiger partial charge in [0.1, 0.15) is 0 Å². The largest absolute Gasteiger partial charge is 0.469 e. The Morgan fingerprint density at radius 2 is 1.74 bits per heavy atom.